The van der Waals surface area contributed by atoms with Crippen LogP contribution in [0.25, 0.3) is 0 Å². The first-order valence-corrected chi connectivity index (χ1v) is 8.66. The highest BCUT2D eigenvalue weighted by Crippen LogP contribution is 2.19. The van der Waals surface area contributed by atoms with E-state index in [0.717, 1.165) is 39.3 Å². The first kappa shape index (κ1) is 15.3. The van der Waals surface area contributed by atoms with Gasteiger partial charge in [0, 0.05) is 13.0 Å². The largest absolute Gasteiger partial charge is 0.378 e. The molecule has 5 heteroatoms. The molecule has 2 atom stereocenters. The molecule has 0 radical (unpaired) electrons. The summed E-state index contributed by atoms with van der Waals surface area (Å²) in [7, 11) is 0. The fourth-order valence-electron chi connectivity index (χ4n) is 3.84. The van der Waals surface area contributed by atoms with Gasteiger partial charge in [-0.15, -0.1) is 0 Å². The Morgan fingerprint density at radius 2 is 1.71 bits per heavy atom. The standard InChI is InChI=1S/C16H29N3O2/c20-16(6-11-18-7-2-1-3-8-18)17-14-12-21-13-15(14)19-9-4-5-10-19/h14-15H,1-13H2,(H,17,20)/t14-,15-/m0/s1. The Morgan fingerprint density at radius 1 is 1.00 bits per heavy atom. The lowest BCUT2D eigenvalue weighted by Crippen LogP contribution is -2.50. The Balaban J connectivity index is 1.40. The number of amides is 1. The SMILES string of the molecule is O=C(CCN1CCCCC1)N[C@H]1COC[C@@H]1N1CCCC1. The number of likely N-dealkylation sites (tertiary alicyclic amines) is 2. The number of nitrogens with zero attached hydrogens (tertiary/aromatic N) is 2. The van der Waals surface area contributed by atoms with Gasteiger partial charge in [0.05, 0.1) is 25.3 Å². The third-order valence-electron chi connectivity index (χ3n) is 5.11. The van der Waals surface area contributed by atoms with Gasteiger partial charge in [0.2, 0.25) is 5.91 Å². The molecule has 3 aliphatic rings. The average Bonchev–Trinajstić information content (AvgIpc) is 3.17. The first-order valence-electron chi connectivity index (χ1n) is 8.66. The van der Waals surface area contributed by atoms with Crippen molar-refractivity contribution in [2.24, 2.45) is 0 Å². The van der Waals surface area contributed by atoms with Crippen LogP contribution in [-0.2, 0) is 9.53 Å². The molecule has 3 aliphatic heterocycles. The van der Waals surface area contributed by atoms with E-state index in [0.29, 0.717) is 19.1 Å². The monoisotopic (exact) mass is 295 g/mol. The molecule has 3 saturated heterocycles. The molecule has 0 saturated carbocycles. The van der Waals surface area contributed by atoms with Crippen molar-refractivity contribution >= 4 is 5.91 Å². The van der Waals surface area contributed by atoms with Gasteiger partial charge in [-0.1, -0.05) is 6.42 Å². The van der Waals surface area contributed by atoms with Crippen molar-refractivity contribution in [3.63, 3.8) is 0 Å². The molecule has 0 aromatic carbocycles. The second kappa shape index (κ2) is 7.56. The van der Waals surface area contributed by atoms with Crippen LogP contribution in [0.3, 0.4) is 0 Å². The zero-order valence-corrected chi connectivity index (χ0v) is 13.1. The van der Waals surface area contributed by atoms with E-state index in [-0.39, 0.29) is 11.9 Å². The molecular formula is C16H29N3O2. The number of ether oxygens (including phenoxy) is 1. The van der Waals surface area contributed by atoms with Crippen molar-refractivity contribution in [2.75, 3.05) is 45.9 Å². The summed E-state index contributed by atoms with van der Waals surface area (Å²) in [4.78, 5) is 17.1. The Morgan fingerprint density at radius 3 is 2.48 bits per heavy atom. The van der Waals surface area contributed by atoms with E-state index in [9.17, 15) is 4.79 Å². The van der Waals surface area contributed by atoms with Crippen molar-refractivity contribution in [3.8, 4) is 0 Å². The van der Waals surface area contributed by atoms with E-state index in [4.69, 9.17) is 4.74 Å². The van der Waals surface area contributed by atoms with Crippen LogP contribution in [0.2, 0.25) is 0 Å². The fourth-order valence-corrected chi connectivity index (χ4v) is 3.84. The second-order valence-corrected chi connectivity index (χ2v) is 6.67. The molecule has 0 unspecified atom stereocenters. The zero-order chi connectivity index (χ0) is 14.5. The van der Waals surface area contributed by atoms with Crippen LogP contribution in [0.15, 0.2) is 0 Å². The molecule has 3 fully saturated rings. The topological polar surface area (TPSA) is 44.8 Å². The Kier molecular flexibility index (Phi) is 5.49. The summed E-state index contributed by atoms with van der Waals surface area (Å²) in [6.45, 7) is 7.01. The zero-order valence-electron chi connectivity index (χ0n) is 13.1. The van der Waals surface area contributed by atoms with E-state index in [1.165, 1.54) is 32.1 Å². The van der Waals surface area contributed by atoms with Gasteiger partial charge in [-0.2, -0.15) is 0 Å². The van der Waals surface area contributed by atoms with Crippen LogP contribution in [0.1, 0.15) is 38.5 Å². The molecular weight excluding hydrogens is 266 g/mol. The summed E-state index contributed by atoms with van der Waals surface area (Å²) in [6.07, 6.45) is 7.12. The second-order valence-electron chi connectivity index (χ2n) is 6.67. The van der Waals surface area contributed by atoms with Crippen molar-refractivity contribution < 1.29 is 9.53 Å². The maximum Gasteiger partial charge on any atom is 0.221 e. The lowest BCUT2D eigenvalue weighted by atomic mass is 10.1. The van der Waals surface area contributed by atoms with Gasteiger partial charge in [-0.25, -0.2) is 0 Å². The Hall–Kier alpha value is -0.650. The molecule has 0 bridgehead atoms. The van der Waals surface area contributed by atoms with Gasteiger partial charge in [-0.3, -0.25) is 9.69 Å². The van der Waals surface area contributed by atoms with Crippen molar-refractivity contribution in [3.05, 3.63) is 0 Å². The first-order chi connectivity index (χ1) is 10.3. The number of hydrogen-bond acceptors (Lipinski definition) is 4. The summed E-state index contributed by atoms with van der Waals surface area (Å²) in [5, 5.41) is 3.21. The van der Waals surface area contributed by atoms with Crippen LogP contribution >= 0.6 is 0 Å². The third kappa shape index (κ3) is 4.18. The lowest BCUT2D eigenvalue weighted by molar-refractivity contribution is -0.122. The number of carbonyl (C=O) groups is 1. The Labute approximate surface area is 128 Å². The number of rotatable bonds is 5. The molecule has 21 heavy (non-hydrogen) atoms. The van der Waals surface area contributed by atoms with E-state index in [1.807, 2.05) is 0 Å². The minimum Gasteiger partial charge on any atom is -0.378 e. The molecule has 3 heterocycles. The molecule has 5 nitrogen and oxygen atoms in total. The minimum absolute atomic E-state index is 0.192. The number of piperidine rings is 1. The Bertz CT molecular complexity index is 338. The average molecular weight is 295 g/mol. The highest BCUT2D eigenvalue weighted by atomic mass is 16.5. The molecule has 120 valence electrons. The highest BCUT2D eigenvalue weighted by Gasteiger charge is 2.35. The van der Waals surface area contributed by atoms with E-state index in [1.54, 1.807) is 0 Å². The summed E-state index contributed by atoms with van der Waals surface area (Å²) in [5.74, 6) is 0.195. The van der Waals surface area contributed by atoms with Crippen LogP contribution in [0, 0.1) is 0 Å². The van der Waals surface area contributed by atoms with Gasteiger partial charge in [0.1, 0.15) is 0 Å². The maximum absolute atomic E-state index is 12.2. The molecule has 0 aliphatic carbocycles. The highest BCUT2D eigenvalue weighted by molar-refractivity contribution is 5.76. The third-order valence-corrected chi connectivity index (χ3v) is 5.11. The van der Waals surface area contributed by atoms with Gasteiger partial charge in [-0.05, 0) is 51.9 Å². The molecule has 0 aromatic heterocycles. The predicted molar refractivity (Wildman–Crippen MR) is 82.3 cm³/mol. The molecule has 1 amide bonds. The summed E-state index contributed by atoms with van der Waals surface area (Å²) < 4.78 is 5.61. The van der Waals surface area contributed by atoms with Crippen LogP contribution in [0.5, 0.6) is 0 Å². The fraction of sp³-hybridized carbons (Fsp3) is 0.938. The van der Waals surface area contributed by atoms with Crippen LogP contribution in [0.4, 0.5) is 0 Å². The quantitative estimate of drug-likeness (QED) is 0.816. The van der Waals surface area contributed by atoms with Crippen molar-refractivity contribution in [1.82, 2.24) is 15.1 Å². The minimum atomic E-state index is 0.192. The van der Waals surface area contributed by atoms with E-state index >= 15 is 0 Å². The van der Waals surface area contributed by atoms with Gasteiger partial charge in [0.25, 0.3) is 0 Å². The molecule has 3 rings (SSSR count). The van der Waals surface area contributed by atoms with Gasteiger partial charge >= 0.3 is 0 Å². The predicted octanol–water partition coefficient (Wildman–Crippen LogP) is 0.842. The summed E-state index contributed by atoms with van der Waals surface area (Å²) >= 11 is 0. The number of hydrogen-bond donors (Lipinski definition) is 1. The van der Waals surface area contributed by atoms with E-state index in [2.05, 4.69) is 15.1 Å². The molecule has 0 spiro atoms. The number of nitrogens with one attached hydrogen (secondary N) is 1. The van der Waals surface area contributed by atoms with Gasteiger partial charge in [0.15, 0.2) is 0 Å². The lowest BCUT2D eigenvalue weighted by Gasteiger charge is -2.29. The van der Waals surface area contributed by atoms with E-state index < -0.39 is 0 Å². The maximum atomic E-state index is 12.2. The van der Waals surface area contributed by atoms with Gasteiger partial charge < -0.3 is 15.0 Å². The van der Waals surface area contributed by atoms with Crippen LogP contribution < -0.4 is 5.32 Å². The smallest absolute Gasteiger partial charge is 0.221 e. The molecule has 0 aromatic rings. The van der Waals surface area contributed by atoms with Crippen LogP contribution in [-0.4, -0.2) is 73.7 Å². The van der Waals surface area contributed by atoms with Crippen molar-refractivity contribution in [1.29, 1.82) is 0 Å². The number of carbonyl (C=O) groups excluding carboxylic acids is 1. The summed E-state index contributed by atoms with van der Waals surface area (Å²) in [6, 6.07) is 0.586. The normalized spacial score (nSPS) is 31.6. The summed E-state index contributed by atoms with van der Waals surface area (Å²) in [5.41, 5.74) is 0. The van der Waals surface area contributed by atoms with Crippen molar-refractivity contribution in [2.45, 2.75) is 50.6 Å². The molecule has 1 N–H and O–H groups in total.